The first-order valence-electron chi connectivity index (χ1n) is 13.5. The maximum Gasteiger partial charge on any atom is 0.266 e. The number of aliphatic hydroxyl groups excluding tert-OH is 3. The Bertz CT molecular complexity index is 903. The van der Waals surface area contributed by atoms with Crippen LogP contribution >= 0.6 is 0 Å². The van der Waals surface area contributed by atoms with Crippen molar-refractivity contribution in [3.63, 3.8) is 0 Å². The molecule has 4 rings (SSSR count). The number of aliphatic hydroxyl groups is 3. The Hall–Kier alpha value is 0.260. The Labute approximate surface area is 238 Å². The minimum Gasteiger partial charge on any atom is -0.393 e. The molecule has 0 aromatic carbocycles. The van der Waals surface area contributed by atoms with Gasteiger partial charge in [0.05, 0.1) is 24.1 Å². The van der Waals surface area contributed by atoms with E-state index < -0.39 is 28.1 Å². The molecule has 0 spiro atoms. The van der Waals surface area contributed by atoms with Crippen molar-refractivity contribution in [1.82, 2.24) is 5.32 Å². The molecule has 0 unspecified atom stereocenters. The van der Waals surface area contributed by atoms with Crippen LogP contribution in [-0.4, -0.2) is 94.4 Å². The zero-order chi connectivity index (χ0) is 25.8. The van der Waals surface area contributed by atoms with E-state index in [0.717, 1.165) is 38.5 Å². The minimum absolute atomic E-state index is 0. The summed E-state index contributed by atoms with van der Waals surface area (Å²) >= 11 is 0. The van der Waals surface area contributed by atoms with Gasteiger partial charge in [0.25, 0.3) is 10.1 Å². The topological polar surface area (TPSA) is 144 Å². The summed E-state index contributed by atoms with van der Waals surface area (Å²) in [6.07, 6.45) is 5.67. The quantitative estimate of drug-likeness (QED) is 0.246. The molecule has 0 saturated heterocycles. The molecule has 5 N–H and O–H groups in total. The van der Waals surface area contributed by atoms with Crippen molar-refractivity contribution in [2.24, 2.45) is 46.3 Å². The summed E-state index contributed by atoms with van der Waals surface area (Å²) in [4.78, 5) is 12.2. The van der Waals surface area contributed by atoms with Gasteiger partial charge in [-0.05, 0) is 97.7 Å². The van der Waals surface area contributed by atoms with Crippen molar-refractivity contribution in [1.29, 1.82) is 0 Å². The second-order valence-electron chi connectivity index (χ2n) is 12.7. The summed E-state index contributed by atoms with van der Waals surface area (Å²) in [7, 11) is -4.10. The average molecular weight is 539 g/mol. The first kappa shape index (κ1) is 30.8. The minimum atomic E-state index is -4.10. The van der Waals surface area contributed by atoms with Gasteiger partial charge in [-0.15, -0.1) is 0 Å². The van der Waals surface area contributed by atoms with E-state index in [9.17, 15) is 28.5 Å². The van der Waals surface area contributed by atoms with Gasteiger partial charge in [0, 0.05) is 42.5 Å². The van der Waals surface area contributed by atoms with E-state index in [2.05, 4.69) is 26.1 Å². The van der Waals surface area contributed by atoms with Crippen LogP contribution in [0, 0.1) is 46.3 Å². The summed E-state index contributed by atoms with van der Waals surface area (Å²) < 4.78 is 30.5. The zero-order valence-electron chi connectivity index (χ0n) is 22.4. The number of amides is 1. The Balaban J connectivity index is 0.00000361. The molecule has 1 radical (unpaired) electrons. The van der Waals surface area contributed by atoms with Crippen molar-refractivity contribution >= 4 is 45.6 Å². The molecule has 0 aromatic rings. The Morgan fingerprint density at radius 1 is 1.06 bits per heavy atom. The number of hydrogen-bond donors (Lipinski definition) is 5. The van der Waals surface area contributed by atoms with E-state index in [4.69, 9.17) is 4.55 Å². The molecule has 0 heterocycles. The van der Waals surface area contributed by atoms with Crippen LogP contribution in [0.4, 0.5) is 0 Å². The van der Waals surface area contributed by atoms with Crippen molar-refractivity contribution in [3.05, 3.63) is 0 Å². The summed E-state index contributed by atoms with van der Waals surface area (Å²) in [6.45, 7) is 6.56. The molecule has 10 heteroatoms. The molecule has 0 aliphatic heterocycles. The van der Waals surface area contributed by atoms with Crippen LogP contribution in [0.1, 0.15) is 78.6 Å². The number of nitrogens with one attached hydrogen (secondary N) is 1. The first-order valence-corrected chi connectivity index (χ1v) is 15.1. The van der Waals surface area contributed by atoms with Crippen molar-refractivity contribution < 1.29 is 33.1 Å². The van der Waals surface area contributed by atoms with Crippen LogP contribution in [0.2, 0.25) is 0 Å². The van der Waals surface area contributed by atoms with E-state index in [1.54, 1.807) is 0 Å². The third kappa shape index (κ3) is 5.74. The smallest absolute Gasteiger partial charge is 0.266 e. The molecule has 36 heavy (non-hydrogen) atoms. The molecule has 0 bridgehead atoms. The van der Waals surface area contributed by atoms with Gasteiger partial charge in [0.15, 0.2) is 0 Å². The van der Waals surface area contributed by atoms with Gasteiger partial charge in [-0.3, -0.25) is 9.35 Å². The summed E-state index contributed by atoms with van der Waals surface area (Å²) in [5, 5.41) is 35.8. The molecular weight excluding hydrogens is 493 g/mol. The molecule has 203 valence electrons. The summed E-state index contributed by atoms with van der Waals surface area (Å²) in [6, 6.07) is 0. The summed E-state index contributed by atoms with van der Waals surface area (Å²) in [5.74, 6) is 0.705. The van der Waals surface area contributed by atoms with Gasteiger partial charge in [-0.2, -0.15) is 8.42 Å². The Morgan fingerprint density at radius 2 is 1.75 bits per heavy atom. The second kappa shape index (κ2) is 11.4. The maximum absolute atomic E-state index is 12.2. The molecule has 4 saturated carbocycles. The van der Waals surface area contributed by atoms with E-state index in [1.165, 1.54) is 0 Å². The monoisotopic (exact) mass is 538 g/mol. The molecule has 11 atom stereocenters. The maximum atomic E-state index is 12.2. The SMILES string of the molecule is C[C@@H](CCC(=O)NCCS(=O)(=O)O)[C@@H]1CC[C@@H]2[C@@H]3[C@@H](C[C@@H](O)[C@]21C)[C@]1(C)CC[C@H](O)C[C@@H]1C[C@@H]3O.[Na]. The second-order valence-corrected chi connectivity index (χ2v) is 14.2. The van der Waals surface area contributed by atoms with Crippen molar-refractivity contribution in [2.45, 2.75) is 96.9 Å². The molecule has 4 aliphatic carbocycles. The predicted octanol–water partition coefficient (Wildman–Crippen LogP) is 1.99. The molecule has 1 amide bonds. The van der Waals surface area contributed by atoms with Gasteiger partial charge in [0.2, 0.25) is 5.91 Å². The van der Waals surface area contributed by atoms with Crippen LogP contribution in [0.5, 0.6) is 0 Å². The molecule has 4 fully saturated rings. The average Bonchev–Trinajstić information content (AvgIpc) is 3.12. The summed E-state index contributed by atoms with van der Waals surface area (Å²) in [5.41, 5.74) is -0.254. The zero-order valence-corrected chi connectivity index (χ0v) is 25.2. The van der Waals surface area contributed by atoms with Crippen LogP contribution in [-0.2, 0) is 14.9 Å². The first-order chi connectivity index (χ1) is 16.3. The van der Waals surface area contributed by atoms with Gasteiger partial charge in [0.1, 0.15) is 0 Å². The van der Waals surface area contributed by atoms with Crippen LogP contribution < -0.4 is 5.32 Å². The van der Waals surface area contributed by atoms with Gasteiger partial charge in [-0.25, -0.2) is 0 Å². The fourth-order valence-corrected chi connectivity index (χ4v) is 9.46. The number of hydrogen-bond acceptors (Lipinski definition) is 6. The van der Waals surface area contributed by atoms with Crippen LogP contribution in [0.25, 0.3) is 0 Å². The number of fused-ring (bicyclic) bond motifs is 5. The van der Waals surface area contributed by atoms with E-state index in [-0.39, 0.29) is 95.0 Å². The largest absolute Gasteiger partial charge is 0.393 e. The molecule has 0 aromatic heterocycles. The molecular formula is C26H45NNaO7S. The Morgan fingerprint density at radius 3 is 2.42 bits per heavy atom. The standard InChI is InChI=1S/C26H45NO7S.Na/c1-15(4-7-23(31)27-10-11-35(32,33)34)18-5-6-19-24-20(14-22(30)26(18,19)3)25(2)9-8-17(28)12-16(25)13-21(24)29;/h15-22,24,28-30H,4-14H2,1-3H3,(H,27,31)(H,32,33,34);/t15-,16+,17-,18-,19+,20+,21-,22+,24+,25+,26-;/m0./s1. The fraction of sp³-hybridized carbons (Fsp3) is 0.962. The van der Waals surface area contributed by atoms with Crippen LogP contribution in [0.3, 0.4) is 0 Å². The third-order valence-electron chi connectivity index (χ3n) is 11.0. The van der Waals surface area contributed by atoms with Gasteiger partial charge in [-0.1, -0.05) is 20.8 Å². The molecule has 4 aliphatic rings. The van der Waals surface area contributed by atoms with E-state index in [1.807, 2.05) is 0 Å². The Kier molecular flexibility index (Phi) is 9.75. The van der Waals surface area contributed by atoms with E-state index in [0.29, 0.717) is 18.8 Å². The fourth-order valence-electron chi connectivity index (χ4n) is 9.10. The van der Waals surface area contributed by atoms with Crippen molar-refractivity contribution in [3.8, 4) is 0 Å². The van der Waals surface area contributed by atoms with Crippen molar-refractivity contribution in [2.75, 3.05) is 12.3 Å². The normalized spacial score (nSPS) is 45.0. The van der Waals surface area contributed by atoms with Crippen LogP contribution in [0.15, 0.2) is 0 Å². The predicted molar refractivity (Wildman–Crippen MR) is 138 cm³/mol. The number of carbonyl (C=O) groups is 1. The van der Waals surface area contributed by atoms with Gasteiger partial charge >= 0.3 is 0 Å². The number of carbonyl (C=O) groups excluding carboxylic acids is 1. The van der Waals surface area contributed by atoms with Gasteiger partial charge < -0.3 is 20.6 Å². The molecule has 8 nitrogen and oxygen atoms in total. The van der Waals surface area contributed by atoms with E-state index >= 15 is 0 Å². The number of rotatable bonds is 7. The third-order valence-corrected chi connectivity index (χ3v) is 11.7.